The summed E-state index contributed by atoms with van der Waals surface area (Å²) in [6.45, 7) is 7.85. The Morgan fingerprint density at radius 3 is 2.55 bits per heavy atom. The van der Waals surface area contributed by atoms with Crippen LogP contribution in [-0.4, -0.2) is 33.9 Å². The zero-order valence-corrected chi connectivity index (χ0v) is 18.6. The maximum atomic E-state index is 12.8. The van der Waals surface area contributed by atoms with E-state index in [0.717, 1.165) is 30.0 Å². The standard InChI is InChI=1S/C23H26ClN5O2/c1-4-29(5-2)23-26-14-20(24)21(28-23)22(30)27-16(3)18-8-10-19(11-9-18)31-15-17-7-6-12-25-13-17/h6-14,16H,4-5,15H2,1-3H3,(H,27,30). The van der Waals surface area contributed by atoms with Crippen LogP contribution in [0.15, 0.2) is 55.0 Å². The van der Waals surface area contributed by atoms with Crippen molar-refractivity contribution in [1.82, 2.24) is 20.3 Å². The summed E-state index contributed by atoms with van der Waals surface area (Å²) < 4.78 is 5.78. The SMILES string of the molecule is CCN(CC)c1ncc(Cl)c(C(=O)NC(C)c2ccc(OCc3cccnc3)cc2)n1. The summed E-state index contributed by atoms with van der Waals surface area (Å²) in [4.78, 5) is 27.4. The third-order valence-electron chi connectivity index (χ3n) is 4.85. The first-order valence-electron chi connectivity index (χ1n) is 10.2. The van der Waals surface area contributed by atoms with Gasteiger partial charge in [-0.15, -0.1) is 0 Å². The molecule has 8 heteroatoms. The molecule has 2 aromatic heterocycles. The zero-order chi connectivity index (χ0) is 22.2. The lowest BCUT2D eigenvalue weighted by atomic mass is 10.1. The highest BCUT2D eigenvalue weighted by Gasteiger charge is 2.18. The second-order valence-electron chi connectivity index (χ2n) is 6.95. The Hall–Kier alpha value is -3.19. The van der Waals surface area contributed by atoms with Gasteiger partial charge in [-0.05, 0) is 44.5 Å². The van der Waals surface area contributed by atoms with Gasteiger partial charge in [0.15, 0.2) is 5.69 Å². The molecule has 0 radical (unpaired) electrons. The van der Waals surface area contributed by atoms with E-state index in [0.29, 0.717) is 12.6 Å². The number of ether oxygens (including phenoxy) is 1. The summed E-state index contributed by atoms with van der Waals surface area (Å²) in [5, 5.41) is 3.17. The third kappa shape index (κ3) is 5.92. The molecule has 0 bridgehead atoms. The van der Waals surface area contributed by atoms with Gasteiger partial charge in [-0.3, -0.25) is 9.78 Å². The number of anilines is 1. The molecule has 1 unspecified atom stereocenters. The number of benzene rings is 1. The summed E-state index contributed by atoms with van der Waals surface area (Å²) in [5.41, 5.74) is 2.11. The maximum absolute atomic E-state index is 12.8. The van der Waals surface area contributed by atoms with E-state index >= 15 is 0 Å². The molecule has 3 aromatic rings. The second-order valence-corrected chi connectivity index (χ2v) is 7.36. The Morgan fingerprint density at radius 1 is 1.16 bits per heavy atom. The maximum Gasteiger partial charge on any atom is 0.272 e. The summed E-state index contributed by atoms with van der Waals surface area (Å²) in [6, 6.07) is 11.2. The molecule has 0 aliphatic carbocycles. The van der Waals surface area contributed by atoms with E-state index < -0.39 is 0 Å². The van der Waals surface area contributed by atoms with Crippen LogP contribution in [0.4, 0.5) is 5.95 Å². The van der Waals surface area contributed by atoms with Crippen LogP contribution in [0.2, 0.25) is 5.02 Å². The number of carbonyl (C=O) groups is 1. The van der Waals surface area contributed by atoms with Crippen LogP contribution < -0.4 is 15.0 Å². The fourth-order valence-corrected chi connectivity index (χ4v) is 3.20. The number of hydrogen-bond donors (Lipinski definition) is 1. The van der Waals surface area contributed by atoms with Crippen LogP contribution in [0.3, 0.4) is 0 Å². The summed E-state index contributed by atoms with van der Waals surface area (Å²) in [6.07, 6.45) is 4.97. The van der Waals surface area contributed by atoms with Crippen LogP contribution in [0.5, 0.6) is 5.75 Å². The van der Waals surface area contributed by atoms with Gasteiger partial charge in [-0.25, -0.2) is 9.97 Å². The minimum atomic E-state index is -0.342. The minimum Gasteiger partial charge on any atom is -0.489 e. The Morgan fingerprint density at radius 2 is 1.90 bits per heavy atom. The molecule has 1 N–H and O–H groups in total. The quantitative estimate of drug-likeness (QED) is 0.530. The van der Waals surface area contributed by atoms with E-state index in [2.05, 4.69) is 20.3 Å². The van der Waals surface area contributed by atoms with Gasteiger partial charge in [0.25, 0.3) is 5.91 Å². The van der Waals surface area contributed by atoms with E-state index in [1.807, 2.05) is 62.1 Å². The van der Waals surface area contributed by atoms with Gasteiger partial charge in [-0.2, -0.15) is 0 Å². The molecule has 7 nitrogen and oxygen atoms in total. The van der Waals surface area contributed by atoms with Crippen molar-refractivity contribution in [1.29, 1.82) is 0 Å². The molecule has 0 saturated heterocycles. The average molecular weight is 440 g/mol. The number of amides is 1. The lowest BCUT2D eigenvalue weighted by molar-refractivity contribution is 0.0935. The first kappa shape index (κ1) is 22.5. The topological polar surface area (TPSA) is 80.2 Å². The molecule has 0 spiro atoms. The van der Waals surface area contributed by atoms with Crippen molar-refractivity contribution in [2.24, 2.45) is 0 Å². The normalized spacial score (nSPS) is 11.6. The van der Waals surface area contributed by atoms with E-state index in [1.54, 1.807) is 12.4 Å². The fourth-order valence-electron chi connectivity index (χ4n) is 3.03. The first-order valence-corrected chi connectivity index (χ1v) is 10.6. The summed E-state index contributed by atoms with van der Waals surface area (Å²) in [7, 11) is 0. The minimum absolute atomic E-state index is 0.168. The number of nitrogens with one attached hydrogen (secondary N) is 1. The number of halogens is 1. The van der Waals surface area contributed by atoms with Crippen LogP contribution in [0, 0.1) is 0 Å². The average Bonchev–Trinajstić information content (AvgIpc) is 2.80. The van der Waals surface area contributed by atoms with Crippen molar-refractivity contribution in [3.05, 3.63) is 76.8 Å². The zero-order valence-electron chi connectivity index (χ0n) is 17.9. The molecule has 2 heterocycles. The highest BCUT2D eigenvalue weighted by molar-refractivity contribution is 6.33. The number of aromatic nitrogens is 3. The molecule has 0 fully saturated rings. The molecule has 0 aliphatic rings. The van der Waals surface area contributed by atoms with Crippen molar-refractivity contribution in [3.63, 3.8) is 0 Å². The van der Waals surface area contributed by atoms with Gasteiger partial charge in [-0.1, -0.05) is 29.8 Å². The number of carbonyl (C=O) groups excluding carboxylic acids is 1. The largest absolute Gasteiger partial charge is 0.489 e. The van der Waals surface area contributed by atoms with Crippen molar-refractivity contribution in [2.45, 2.75) is 33.4 Å². The van der Waals surface area contributed by atoms with Crippen molar-refractivity contribution in [3.8, 4) is 5.75 Å². The molecule has 3 rings (SSSR count). The van der Waals surface area contributed by atoms with Gasteiger partial charge < -0.3 is 15.0 Å². The van der Waals surface area contributed by atoms with Gasteiger partial charge in [0.2, 0.25) is 5.95 Å². The monoisotopic (exact) mass is 439 g/mol. The molecule has 0 aliphatic heterocycles. The lowest BCUT2D eigenvalue weighted by Crippen LogP contribution is -2.30. The van der Waals surface area contributed by atoms with Gasteiger partial charge in [0.05, 0.1) is 17.3 Å². The number of pyridine rings is 1. The molecular formula is C23H26ClN5O2. The van der Waals surface area contributed by atoms with Gasteiger partial charge in [0.1, 0.15) is 12.4 Å². The molecule has 1 amide bonds. The van der Waals surface area contributed by atoms with Crippen LogP contribution in [-0.2, 0) is 6.61 Å². The molecule has 1 atom stereocenters. The lowest BCUT2D eigenvalue weighted by Gasteiger charge is -2.20. The van der Waals surface area contributed by atoms with Crippen LogP contribution in [0.1, 0.15) is 48.4 Å². The number of hydrogen-bond acceptors (Lipinski definition) is 6. The van der Waals surface area contributed by atoms with Crippen molar-refractivity contribution >= 4 is 23.5 Å². The van der Waals surface area contributed by atoms with Crippen LogP contribution >= 0.6 is 11.6 Å². The van der Waals surface area contributed by atoms with E-state index in [4.69, 9.17) is 16.3 Å². The Kier molecular flexibility index (Phi) is 7.78. The van der Waals surface area contributed by atoms with Crippen molar-refractivity contribution in [2.75, 3.05) is 18.0 Å². The van der Waals surface area contributed by atoms with E-state index in [1.165, 1.54) is 6.20 Å². The van der Waals surface area contributed by atoms with Gasteiger partial charge >= 0.3 is 0 Å². The van der Waals surface area contributed by atoms with Crippen molar-refractivity contribution < 1.29 is 9.53 Å². The Labute approximate surface area is 187 Å². The first-order chi connectivity index (χ1) is 15.0. The van der Waals surface area contributed by atoms with Crippen LogP contribution in [0.25, 0.3) is 0 Å². The highest BCUT2D eigenvalue weighted by atomic mass is 35.5. The molecule has 31 heavy (non-hydrogen) atoms. The second kappa shape index (κ2) is 10.7. The third-order valence-corrected chi connectivity index (χ3v) is 5.13. The van der Waals surface area contributed by atoms with E-state index in [-0.39, 0.29) is 22.7 Å². The number of rotatable bonds is 9. The Bertz CT molecular complexity index is 995. The van der Waals surface area contributed by atoms with E-state index in [9.17, 15) is 4.79 Å². The highest BCUT2D eigenvalue weighted by Crippen LogP contribution is 2.21. The molecular weight excluding hydrogens is 414 g/mol. The smallest absolute Gasteiger partial charge is 0.272 e. The molecule has 162 valence electrons. The summed E-state index contributed by atoms with van der Waals surface area (Å²) in [5.74, 6) is 0.890. The summed E-state index contributed by atoms with van der Waals surface area (Å²) >= 11 is 6.19. The molecule has 1 aromatic carbocycles. The predicted octanol–water partition coefficient (Wildman–Crippen LogP) is 4.44. The predicted molar refractivity (Wildman–Crippen MR) is 121 cm³/mol. The Balaban J connectivity index is 1.63. The number of nitrogens with zero attached hydrogens (tertiary/aromatic N) is 4. The molecule has 0 saturated carbocycles. The van der Waals surface area contributed by atoms with Gasteiger partial charge in [0, 0.05) is 31.0 Å². The fraction of sp³-hybridized carbons (Fsp3) is 0.304.